The van der Waals surface area contributed by atoms with Crippen LogP contribution in [0.4, 0.5) is 0 Å². The maximum atomic E-state index is 12.1. The van der Waals surface area contributed by atoms with Crippen molar-refractivity contribution < 1.29 is 4.79 Å². The summed E-state index contributed by atoms with van der Waals surface area (Å²) in [5.41, 5.74) is 1.93. The molecular formula is C15H32N4O. The Labute approximate surface area is 124 Å². The average molecular weight is 284 g/mol. The van der Waals surface area contributed by atoms with Crippen LogP contribution in [-0.2, 0) is 4.79 Å². The SMILES string of the molecule is CNCC(C)/C(NC)=C(/C)NC(=O)CC(C)(C)CNC. The summed E-state index contributed by atoms with van der Waals surface area (Å²) in [5.74, 6) is 0.391. The number of carbonyl (C=O) groups excluding carboxylic acids is 1. The van der Waals surface area contributed by atoms with Crippen LogP contribution in [0.15, 0.2) is 11.4 Å². The monoisotopic (exact) mass is 284 g/mol. The molecule has 5 heteroatoms. The highest BCUT2D eigenvalue weighted by Gasteiger charge is 2.22. The molecule has 0 radical (unpaired) electrons. The minimum atomic E-state index is -0.0461. The van der Waals surface area contributed by atoms with E-state index in [4.69, 9.17) is 0 Å². The van der Waals surface area contributed by atoms with Gasteiger partial charge >= 0.3 is 0 Å². The van der Waals surface area contributed by atoms with E-state index in [-0.39, 0.29) is 11.3 Å². The molecule has 0 aliphatic rings. The second-order valence-corrected chi connectivity index (χ2v) is 6.17. The fourth-order valence-electron chi connectivity index (χ4n) is 2.51. The van der Waals surface area contributed by atoms with Crippen LogP contribution in [-0.4, -0.2) is 40.1 Å². The lowest BCUT2D eigenvalue weighted by molar-refractivity contribution is -0.122. The predicted octanol–water partition coefficient (Wildman–Crippen LogP) is 1.04. The van der Waals surface area contributed by atoms with E-state index in [9.17, 15) is 4.79 Å². The van der Waals surface area contributed by atoms with Crippen molar-refractivity contribution in [1.82, 2.24) is 21.3 Å². The molecule has 0 rings (SSSR count). The van der Waals surface area contributed by atoms with Gasteiger partial charge in [0.2, 0.25) is 5.91 Å². The zero-order valence-corrected chi connectivity index (χ0v) is 14.1. The maximum Gasteiger partial charge on any atom is 0.224 e. The molecule has 1 amide bonds. The first kappa shape index (κ1) is 18.9. The lowest BCUT2D eigenvalue weighted by Gasteiger charge is -2.24. The first-order chi connectivity index (χ1) is 9.27. The Morgan fingerprint density at radius 3 is 2.20 bits per heavy atom. The molecule has 20 heavy (non-hydrogen) atoms. The summed E-state index contributed by atoms with van der Waals surface area (Å²) in [7, 11) is 5.73. The van der Waals surface area contributed by atoms with E-state index >= 15 is 0 Å². The Morgan fingerprint density at radius 2 is 1.75 bits per heavy atom. The third kappa shape index (κ3) is 6.91. The summed E-state index contributed by atoms with van der Waals surface area (Å²) in [6, 6.07) is 0. The Balaban J connectivity index is 4.70. The quantitative estimate of drug-likeness (QED) is 0.511. The Kier molecular flexibility index (Phi) is 8.49. The van der Waals surface area contributed by atoms with E-state index in [1.165, 1.54) is 0 Å². The molecule has 0 aromatic rings. The van der Waals surface area contributed by atoms with E-state index in [1.54, 1.807) is 0 Å². The van der Waals surface area contributed by atoms with Crippen molar-refractivity contribution in [2.45, 2.75) is 34.1 Å². The number of hydrogen-bond donors (Lipinski definition) is 4. The highest BCUT2D eigenvalue weighted by Crippen LogP contribution is 2.19. The molecular weight excluding hydrogens is 252 g/mol. The van der Waals surface area contributed by atoms with Crippen molar-refractivity contribution in [3.63, 3.8) is 0 Å². The number of amides is 1. The van der Waals surface area contributed by atoms with E-state index in [1.807, 2.05) is 28.1 Å². The van der Waals surface area contributed by atoms with Gasteiger partial charge in [0, 0.05) is 43.9 Å². The molecule has 118 valence electrons. The van der Waals surface area contributed by atoms with Gasteiger partial charge in [0.1, 0.15) is 0 Å². The largest absolute Gasteiger partial charge is 0.390 e. The molecule has 0 aliphatic heterocycles. The molecule has 4 N–H and O–H groups in total. The van der Waals surface area contributed by atoms with E-state index in [0.29, 0.717) is 12.3 Å². The van der Waals surface area contributed by atoms with Crippen LogP contribution in [0.2, 0.25) is 0 Å². The number of nitrogens with one attached hydrogen (secondary N) is 4. The summed E-state index contributed by atoms with van der Waals surface area (Å²) in [4.78, 5) is 12.1. The minimum absolute atomic E-state index is 0.0461. The van der Waals surface area contributed by atoms with E-state index in [2.05, 4.69) is 42.0 Å². The van der Waals surface area contributed by atoms with Crippen LogP contribution in [0, 0.1) is 11.3 Å². The fraction of sp³-hybridized carbons (Fsp3) is 0.800. The van der Waals surface area contributed by atoms with Crippen molar-refractivity contribution >= 4 is 5.91 Å². The molecule has 0 heterocycles. The summed E-state index contributed by atoms with van der Waals surface area (Å²) in [6.45, 7) is 9.94. The van der Waals surface area contributed by atoms with Crippen molar-refractivity contribution in [2.75, 3.05) is 34.2 Å². The molecule has 0 fully saturated rings. The van der Waals surface area contributed by atoms with Crippen LogP contribution in [0.25, 0.3) is 0 Å². The third-order valence-corrected chi connectivity index (χ3v) is 3.30. The zero-order chi connectivity index (χ0) is 15.8. The van der Waals surface area contributed by atoms with Gasteiger partial charge in [0.05, 0.1) is 0 Å². The summed E-state index contributed by atoms with van der Waals surface area (Å²) in [5, 5.41) is 12.5. The van der Waals surface area contributed by atoms with Crippen molar-refractivity contribution in [3.05, 3.63) is 11.4 Å². The lowest BCUT2D eigenvalue weighted by Crippen LogP contribution is -2.35. The van der Waals surface area contributed by atoms with Crippen molar-refractivity contribution in [1.29, 1.82) is 0 Å². The minimum Gasteiger partial charge on any atom is -0.390 e. The topological polar surface area (TPSA) is 65.2 Å². The maximum absolute atomic E-state index is 12.1. The number of rotatable bonds is 9. The molecule has 0 aliphatic carbocycles. The van der Waals surface area contributed by atoms with Crippen LogP contribution >= 0.6 is 0 Å². The van der Waals surface area contributed by atoms with Crippen LogP contribution < -0.4 is 21.3 Å². The summed E-state index contributed by atoms with van der Waals surface area (Å²) >= 11 is 0. The number of allylic oxidation sites excluding steroid dienone is 1. The van der Waals surface area contributed by atoms with E-state index in [0.717, 1.165) is 24.5 Å². The van der Waals surface area contributed by atoms with Gasteiger partial charge in [-0.1, -0.05) is 20.8 Å². The molecule has 0 spiro atoms. The van der Waals surface area contributed by atoms with Gasteiger partial charge in [0.25, 0.3) is 0 Å². The first-order valence-electron chi connectivity index (χ1n) is 7.25. The number of carbonyl (C=O) groups is 1. The van der Waals surface area contributed by atoms with Gasteiger partial charge in [-0.15, -0.1) is 0 Å². The smallest absolute Gasteiger partial charge is 0.224 e. The molecule has 5 nitrogen and oxygen atoms in total. The molecule has 0 aromatic heterocycles. The predicted molar refractivity (Wildman–Crippen MR) is 85.3 cm³/mol. The van der Waals surface area contributed by atoms with Gasteiger partial charge in [-0.25, -0.2) is 0 Å². The summed E-state index contributed by atoms with van der Waals surface area (Å²) < 4.78 is 0. The molecule has 0 saturated carbocycles. The Bertz CT molecular complexity index is 337. The fourth-order valence-corrected chi connectivity index (χ4v) is 2.51. The molecule has 1 unspecified atom stereocenters. The Morgan fingerprint density at radius 1 is 1.15 bits per heavy atom. The van der Waals surface area contributed by atoms with E-state index < -0.39 is 0 Å². The second kappa shape index (κ2) is 8.97. The number of hydrogen-bond acceptors (Lipinski definition) is 4. The first-order valence-corrected chi connectivity index (χ1v) is 7.25. The lowest BCUT2D eigenvalue weighted by atomic mass is 9.89. The van der Waals surface area contributed by atoms with Gasteiger partial charge in [-0.2, -0.15) is 0 Å². The highest BCUT2D eigenvalue weighted by atomic mass is 16.1. The Hall–Kier alpha value is -1.07. The molecule has 0 bridgehead atoms. The van der Waals surface area contributed by atoms with Crippen molar-refractivity contribution in [2.24, 2.45) is 11.3 Å². The average Bonchev–Trinajstić information content (AvgIpc) is 2.28. The van der Waals surface area contributed by atoms with Crippen molar-refractivity contribution in [3.8, 4) is 0 Å². The van der Waals surface area contributed by atoms with Crippen LogP contribution in [0.1, 0.15) is 34.1 Å². The molecule has 0 aromatic carbocycles. The van der Waals surface area contributed by atoms with Crippen LogP contribution in [0.3, 0.4) is 0 Å². The third-order valence-electron chi connectivity index (χ3n) is 3.30. The standard InChI is InChI=1S/C15H32N4O/c1-11(9-16-5)14(18-7)12(2)19-13(20)8-15(3,4)10-17-6/h11,16-18H,8-10H2,1-7H3,(H,19,20)/b14-12+. The highest BCUT2D eigenvalue weighted by molar-refractivity contribution is 5.78. The van der Waals surface area contributed by atoms with Gasteiger partial charge < -0.3 is 21.3 Å². The molecule has 0 saturated heterocycles. The zero-order valence-electron chi connectivity index (χ0n) is 14.1. The van der Waals surface area contributed by atoms with Gasteiger partial charge in [0.15, 0.2) is 0 Å². The molecule has 1 atom stereocenters. The van der Waals surface area contributed by atoms with Crippen LogP contribution in [0.5, 0.6) is 0 Å². The van der Waals surface area contributed by atoms with Gasteiger partial charge in [-0.05, 0) is 26.4 Å². The second-order valence-electron chi connectivity index (χ2n) is 6.17. The normalized spacial score (nSPS) is 14.6. The van der Waals surface area contributed by atoms with Gasteiger partial charge in [-0.3, -0.25) is 4.79 Å². The summed E-state index contributed by atoms with van der Waals surface area (Å²) in [6.07, 6.45) is 0.503.